The molecule has 0 bridgehead atoms. The van der Waals surface area contributed by atoms with E-state index < -0.39 is 6.09 Å². The number of amides is 3. The lowest BCUT2D eigenvalue weighted by Gasteiger charge is -2.10. The van der Waals surface area contributed by atoms with Crippen LogP contribution in [0.25, 0.3) is 0 Å². The zero-order valence-electron chi connectivity index (χ0n) is 13.3. The Kier molecular flexibility index (Phi) is 4.65. The van der Waals surface area contributed by atoms with Gasteiger partial charge in [0.1, 0.15) is 5.75 Å². The van der Waals surface area contributed by atoms with Gasteiger partial charge >= 0.3 is 12.1 Å². The van der Waals surface area contributed by atoms with Crippen LogP contribution in [0.1, 0.15) is 18.4 Å². The number of para-hydroxylation sites is 1. The first-order chi connectivity index (χ1) is 11.6. The first kappa shape index (κ1) is 15.9. The first-order valence-corrected chi connectivity index (χ1v) is 7.82. The molecule has 1 aliphatic rings. The number of urea groups is 1. The highest BCUT2D eigenvalue weighted by Crippen LogP contribution is 2.21. The fourth-order valence-corrected chi connectivity index (χ4v) is 2.17. The van der Waals surface area contributed by atoms with Gasteiger partial charge in [-0.3, -0.25) is 5.32 Å². The highest BCUT2D eigenvalue weighted by Gasteiger charge is 2.23. The van der Waals surface area contributed by atoms with E-state index in [1.165, 1.54) is 0 Å². The summed E-state index contributed by atoms with van der Waals surface area (Å²) in [6, 6.07) is 14.2. The molecule has 3 amide bonds. The minimum atomic E-state index is -0.580. The number of anilines is 2. The molecular weight excluding hydrogens is 306 g/mol. The molecule has 0 aromatic heterocycles. The molecular formula is C18H19N3O3. The molecule has 1 saturated carbocycles. The van der Waals surface area contributed by atoms with Gasteiger partial charge in [0, 0.05) is 23.5 Å². The molecule has 0 atom stereocenters. The number of hydrogen-bond acceptors (Lipinski definition) is 3. The summed E-state index contributed by atoms with van der Waals surface area (Å²) in [5, 5.41) is 8.25. The number of rotatable bonds is 4. The topological polar surface area (TPSA) is 79.5 Å². The van der Waals surface area contributed by atoms with Crippen LogP contribution in [0.2, 0.25) is 0 Å². The van der Waals surface area contributed by atoms with Crippen LogP contribution < -0.4 is 20.7 Å². The van der Waals surface area contributed by atoms with Gasteiger partial charge in [0.25, 0.3) is 0 Å². The molecule has 2 aromatic carbocycles. The maximum atomic E-state index is 12.0. The van der Waals surface area contributed by atoms with Crippen molar-refractivity contribution in [2.75, 3.05) is 10.6 Å². The smallest absolute Gasteiger partial charge is 0.410 e. The normalized spacial score (nSPS) is 13.0. The zero-order valence-corrected chi connectivity index (χ0v) is 13.3. The number of hydrogen-bond donors (Lipinski definition) is 3. The van der Waals surface area contributed by atoms with Crippen molar-refractivity contribution in [3.63, 3.8) is 0 Å². The van der Waals surface area contributed by atoms with Gasteiger partial charge in [-0.1, -0.05) is 24.3 Å². The highest BCUT2D eigenvalue weighted by molar-refractivity contribution is 5.90. The minimum Gasteiger partial charge on any atom is -0.410 e. The van der Waals surface area contributed by atoms with Gasteiger partial charge in [0.15, 0.2) is 0 Å². The average molecular weight is 325 g/mol. The van der Waals surface area contributed by atoms with Gasteiger partial charge in [0.05, 0.1) is 0 Å². The third-order valence-corrected chi connectivity index (χ3v) is 3.60. The van der Waals surface area contributed by atoms with Crippen molar-refractivity contribution in [2.24, 2.45) is 0 Å². The average Bonchev–Trinajstić information content (AvgIpc) is 3.33. The largest absolute Gasteiger partial charge is 0.417 e. The Morgan fingerprint density at radius 1 is 1.04 bits per heavy atom. The fourth-order valence-electron chi connectivity index (χ4n) is 2.17. The van der Waals surface area contributed by atoms with E-state index in [2.05, 4.69) is 16.0 Å². The third-order valence-electron chi connectivity index (χ3n) is 3.60. The molecule has 6 heteroatoms. The van der Waals surface area contributed by atoms with E-state index >= 15 is 0 Å². The van der Waals surface area contributed by atoms with Crippen LogP contribution in [0.4, 0.5) is 21.0 Å². The molecule has 0 saturated heterocycles. The molecule has 6 nitrogen and oxygen atoms in total. The van der Waals surface area contributed by atoms with E-state index in [0.29, 0.717) is 17.1 Å². The monoisotopic (exact) mass is 325 g/mol. The van der Waals surface area contributed by atoms with Crippen LogP contribution in [0.15, 0.2) is 48.5 Å². The summed E-state index contributed by atoms with van der Waals surface area (Å²) in [6.45, 7) is 1.90. The predicted octanol–water partition coefficient (Wildman–Crippen LogP) is 3.89. The van der Waals surface area contributed by atoms with Gasteiger partial charge < -0.3 is 15.4 Å². The minimum absolute atomic E-state index is 0.251. The maximum absolute atomic E-state index is 12.0. The highest BCUT2D eigenvalue weighted by atomic mass is 16.6. The number of carbonyl (C=O) groups excluding carboxylic acids is 2. The van der Waals surface area contributed by atoms with Crippen molar-refractivity contribution >= 4 is 23.5 Å². The van der Waals surface area contributed by atoms with Gasteiger partial charge in [0.2, 0.25) is 0 Å². The molecule has 0 spiro atoms. The van der Waals surface area contributed by atoms with Crippen molar-refractivity contribution in [3.8, 4) is 5.75 Å². The van der Waals surface area contributed by atoms with Crippen molar-refractivity contribution in [1.82, 2.24) is 5.32 Å². The molecule has 3 N–H and O–H groups in total. The van der Waals surface area contributed by atoms with Gasteiger partial charge in [-0.25, -0.2) is 9.59 Å². The SMILES string of the molecule is Cc1ccccc1NC(=O)Oc1cccc(NC(=O)NC2CC2)c1. The molecule has 2 aromatic rings. The van der Waals surface area contributed by atoms with Gasteiger partial charge in [-0.05, 0) is 43.5 Å². The fraction of sp³-hybridized carbons (Fsp3) is 0.222. The lowest BCUT2D eigenvalue weighted by Crippen LogP contribution is -2.30. The summed E-state index contributed by atoms with van der Waals surface area (Å²) in [5.41, 5.74) is 2.21. The predicted molar refractivity (Wildman–Crippen MR) is 92.4 cm³/mol. The first-order valence-electron chi connectivity index (χ1n) is 7.82. The summed E-state index contributed by atoms with van der Waals surface area (Å²) < 4.78 is 5.27. The van der Waals surface area contributed by atoms with Crippen molar-refractivity contribution in [2.45, 2.75) is 25.8 Å². The van der Waals surface area contributed by atoms with Gasteiger partial charge in [-0.15, -0.1) is 0 Å². The van der Waals surface area contributed by atoms with E-state index in [-0.39, 0.29) is 12.1 Å². The van der Waals surface area contributed by atoms with Crippen LogP contribution in [0.5, 0.6) is 5.75 Å². The van der Waals surface area contributed by atoms with E-state index in [9.17, 15) is 9.59 Å². The summed E-state index contributed by atoms with van der Waals surface area (Å²) in [6.07, 6.45) is 1.47. The van der Waals surface area contributed by atoms with Crippen molar-refractivity contribution in [1.29, 1.82) is 0 Å². The second-order valence-electron chi connectivity index (χ2n) is 5.73. The molecule has 124 valence electrons. The zero-order chi connectivity index (χ0) is 16.9. The van der Waals surface area contributed by atoms with E-state index in [4.69, 9.17) is 4.74 Å². The molecule has 24 heavy (non-hydrogen) atoms. The van der Waals surface area contributed by atoms with Crippen molar-refractivity contribution < 1.29 is 14.3 Å². The molecule has 1 aliphatic carbocycles. The van der Waals surface area contributed by atoms with E-state index in [1.807, 2.05) is 25.1 Å². The summed E-state index contributed by atoms with van der Waals surface area (Å²) in [7, 11) is 0. The third kappa shape index (κ3) is 4.49. The van der Waals surface area contributed by atoms with Crippen LogP contribution >= 0.6 is 0 Å². The van der Waals surface area contributed by atoms with E-state index in [1.54, 1.807) is 30.3 Å². The number of nitrogens with one attached hydrogen (secondary N) is 3. The lowest BCUT2D eigenvalue weighted by molar-refractivity contribution is 0.215. The quantitative estimate of drug-likeness (QED) is 0.798. The number of benzene rings is 2. The number of ether oxygens (including phenoxy) is 1. The number of aryl methyl sites for hydroxylation is 1. The molecule has 0 heterocycles. The van der Waals surface area contributed by atoms with Gasteiger partial charge in [-0.2, -0.15) is 0 Å². The summed E-state index contributed by atoms with van der Waals surface area (Å²) in [5.74, 6) is 0.352. The Bertz CT molecular complexity index is 757. The molecule has 0 unspecified atom stereocenters. The molecule has 1 fully saturated rings. The maximum Gasteiger partial charge on any atom is 0.417 e. The summed E-state index contributed by atoms with van der Waals surface area (Å²) >= 11 is 0. The number of carbonyl (C=O) groups is 2. The Labute approximate surface area is 140 Å². The van der Waals surface area contributed by atoms with Crippen molar-refractivity contribution in [3.05, 3.63) is 54.1 Å². The Morgan fingerprint density at radius 3 is 2.58 bits per heavy atom. The lowest BCUT2D eigenvalue weighted by atomic mass is 10.2. The second kappa shape index (κ2) is 7.04. The van der Waals surface area contributed by atoms with E-state index in [0.717, 1.165) is 18.4 Å². The summed E-state index contributed by atoms with van der Waals surface area (Å²) in [4.78, 5) is 23.7. The Balaban J connectivity index is 1.58. The van der Waals surface area contributed by atoms with Crippen LogP contribution in [-0.2, 0) is 0 Å². The second-order valence-corrected chi connectivity index (χ2v) is 5.73. The molecule has 3 rings (SSSR count). The van der Waals surface area contributed by atoms with Crippen LogP contribution in [0, 0.1) is 6.92 Å². The molecule has 0 aliphatic heterocycles. The Morgan fingerprint density at radius 2 is 1.83 bits per heavy atom. The Hall–Kier alpha value is -3.02. The van der Waals surface area contributed by atoms with Crippen LogP contribution in [0.3, 0.4) is 0 Å². The van der Waals surface area contributed by atoms with Crippen LogP contribution in [-0.4, -0.2) is 18.2 Å². The molecule has 0 radical (unpaired) electrons. The standard InChI is InChI=1S/C18H19N3O3/c1-12-5-2-3-8-16(12)21-18(23)24-15-7-4-6-14(11-15)20-17(22)19-13-9-10-13/h2-8,11,13H,9-10H2,1H3,(H,21,23)(H2,19,20,22).